The van der Waals surface area contributed by atoms with E-state index in [4.69, 9.17) is 0 Å². The van der Waals surface area contributed by atoms with Crippen molar-refractivity contribution in [3.8, 4) is 10.6 Å². The Bertz CT molecular complexity index is 695. The maximum Gasteiger partial charge on any atom is 0.123 e. The minimum Gasteiger partial charge on any atom is -0.244 e. The Morgan fingerprint density at radius 1 is 1.26 bits per heavy atom. The fraction of sp³-hybridized carbons (Fsp3) is 0.308. The summed E-state index contributed by atoms with van der Waals surface area (Å²) in [6.45, 7) is 6.20. The summed E-state index contributed by atoms with van der Waals surface area (Å²) in [5.74, 6) is 0. The summed E-state index contributed by atoms with van der Waals surface area (Å²) in [4.78, 5) is 5.70. The zero-order chi connectivity index (χ0) is 13.4. The molecule has 1 atom stereocenters. The van der Waals surface area contributed by atoms with E-state index in [1.54, 1.807) is 22.7 Å². The second-order valence-corrected chi connectivity index (χ2v) is 6.46. The van der Waals surface area contributed by atoms with Crippen LogP contribution in [0.5, 0.6) is 0 Å². The van der Waals surface area contributed by atoms with Crippen molar-refractivity contribution in [2.45, 2.75) is 26.8 Å². The number of thiazole rings is 1. The van der Waals surface area contributed by atoms with Crippen LogP contribution in [0.1, 0.15) is 29.2 Å². The monoisotopic (exact) mass is 290 g/mol. The molecule has 19 heavy (non-hydrogen) atoms. The number of aryl methyl sites for hydroxylation is 2. The third-order valence-electron chi connectivity index (χ3n) is 3.07. The highest BCUT2D eigenvalue weighted by molar-refractivity contribution is 7.13. The lowest BCUT2D eigenvalue weighted by molar-refractivity contribution is 0.533. The van der Waals surface area contributed by atoms with Gasteiger partial charge in [-0.3, -0.25) is 0 Å². The van der Waals surface area contributed by atoms with Gasteiger partial charge in [0, 0.05) is 5.38 Å². The average Bonchev–Trinajstić information content (AvgIpc) is 3.08. The second kappa shape index (κ2) is 4.86. The zero-order valence-corrected chi connectivity index (χ0v) is 12.6. The molecule has 0 radical (unpaired) electrons. The minimum atomic E-state index is 0.117. The van der Waals surface area contributed by atoms with E-state index in [0.29, 0.717) is 0 Å². The molecule has 0 amide bonds. The maximum absolute atomic E-state index is 4.51. The summed E-state index contributed by atoms with van der Waals surface area (Å²) >= 11 is 3.36. The van der Waals surface area contributed by atoms with E-state index >= 15 is 0 Å². The lowest BCUT2D eigenvalue weighted by atomic mass is 10.2. The first kappa shape index (κ1) is 12.5. The SMILES string of the molecule is Cc1nc([C@@H](C)n2cc(-c3sccc3C)nn2)cs1. The molecule has 0 spiro atoms. The van der Waals surface area contributed by atoms with Gasteiger partial charge in [-0.1, -0.05) is 5.21 Å². The molecule has 0 bridgehead atoms. The number of hydrogen-bond acceptors (Lipinski definition) is 5. The predicted molar refractivity (Wildman–Crippen MR) is 78.7 cm³/mol. The van der Waals surface area contributed by atoms with E-state index in [0.717, 1.165) is 16.4 Å². The molecule has 0 N–H and O–H groups in total. The van der Waals surface area contributed by atoms with E-state index in [1.165, 1.54) is 10.4 Å². The highest BCUT2D eigenvalue weighted by atomic mass is 32.1. The van der Waals surface area contributed by atoms with Crippen molar-refractivity contribution in [1.82, 2.24) is 20.0 Å². The first-order valence-electron chi connectivity index (χ1n) is 6.03. The summed E-state index contributed by atoms with van der Waals surface area (Å²) in [5, 5.41) is 13.7. The first-order chi connectivity index (χ1) is 9.15. The van der Waals surface area contributed by atoms with Crippen LogP contribution in [0.4, 0.5) is 0 Å². The summed E-state index contributed by atoms with van der Waals surface area (Å²) < 4.78 is 1.88. The molecule has 0 fully saturated rings. The van der Waals surface area contributed by atoms with Gasteiger partial charge in [-0.25, -0.2) is 9.67 Å². The molecule has 3 aromatic rings. The molecular weight excluding hydrogens is 276 g/mol. The van der Waals surface area contributed by atoms with Crippen LogP contribution in [0.25, 0.3) is 10.6 Å². The number of aromatic nitrogens is 4. The van der Waals surface area contributed by atoms with Crippen molar-refractivity contribution in [2.24, 2.45) is 0 Å². The molecule has 98 valence electrons. The fourth-order valence-corrected chi connectivity index (χ4v) is 3.49. The van der Waals surface area contributed by atoms with Crippen LogP contribution < -0.4 is 0 Å². The molecule has 0 saturated carbocycles. The minimum absolute atomic E-state index is 0.117. The predicted octanol–water partition coefficient (Wildman–Crippen LogP) is 3.69. The summed E-state index contributed by atoms with van der Waals surface area (Å²) in [6, 6.07) is 2.22. The maximum atomic E-state index is 4.51. The van der Waals surface area contributed by atoms with Gasteiger partial charge in [-0.15, -0.1) is 27.8 Å². The van der Waals surface area contributed by atoms with Crippen LogP contribution in [0, 0.1) is 13.8 Å². The number of thiophene rings is 1. The Hall–Kier alpha value is -1.53. The van der Waals surface area contributed by atoms with Gasteiger partial charge in [0.1, 0.15) is 5.69 Å². The molecule has 0 aliphatic carbocycles. The standard InChI is InChI=1S/C13H14N4S2/c1-8-4-5-18-13(8)11-6-17(16-15-11)9(2)12-7-19-10(3)14-12/h4-7,9H,1-3H3/t9-/m1/s1. The average molecular weight is 290 g/mol. The van der Waals surface area contributed by atoms with E-state index in [-0.39, 0.29) is 6.04 Å². The lowest BCUT2D eigenvalue weighted by Crippen LogP contribution is -2.07. The van der Waals surface area contributed by atoms with Crippen molar-refractivity contribution in [1.29, 1.82) is 0 Å². The normalized spacial score (nSPS) is 12.8. The van der Waals surface area contributed by atoms with Crippen LogP contribution in [-0.2, 0) is 0 Å². The molecule has 3 rings (SSSR count). The molecule has 4 nitrogen and oxygen atoms in total. The molecule has 0 aliphatic heterocycles. The van der Waals surface area contributed by atoms with E-state index in [9.17, 15) is 0 Å². The summed E-state index contributed by atoms with van der Waals surface area (Å²) in [7, 11) is 0. The van der Waals surface area contributed by atoms with Crippen molar-refractivity contribution in [3.63, 3.8) is 0 Å². The largest absolute Gasteiger partial charge is 0.244 e. The van der Waals surface area contributed by atoms with Crippen LogP contribution in [0.2, 0.25) is 0 Å². The topological polar surface area (TPSA) is 43.6 Å². The van der Waals surface area contributed by atoms with Crippen molar-refractivity contribution in [3.05, 3.63) is 39.3 Å². The van der Waals surface area contributed by atoms with Gasteiger partial charge < -0.3 is 0 Å². The molecule has 3 aromatic heterocycles. The van der Waals surface area contributed by atoms with Gasteiger partial charge >= 0.3 is 0 Å². The van der Waals surface area contributed by atoms with Gasteiger partial charge in [0.25, 0.3) is 0 Å². The van der Waals surface area contributed by atoms with Crippen LogP contribution in [0.3, 0.4) is 0 Å². The van der Waals surface area contributed by atoms with Crippen molar-refractivity contribution >= 4 is 22.7 Å². The van der Waals surface area contributed by atoms with Crippen molar-refractivity contribution in [2.75, 3.05) is 0 Å². The number of rotatable bonds is 3. The molecular formula is C13H14N4S2. The fourth-order valence-electron chi connectivity index (χ4n) is 1.91. The number of nitrogens with zero attached hydrogens (tertiary/aromatic N) is 4. The van der Waals surface area contributed by atoms with E-state index in [1.807, 2.05) is 17.8 Å². The Morgan fingerprint density at radius 3 is 2.74 bits per heavy atom. The van der Waals surface area contributed by atoms with Crippen LogP contribution >= 0.6 is 22.7 Å². The molecule has 0 aromatic carbocycles. The quantitative estimate of drug-likeness (QED) is 0.739. The highest BCUT2D eigenvalue weighted by Gasteiger charge is 2.15. The summed E-state index contributed by atoms with van der Waals surface area (Å²) in [6.07, 6.45) is 2.00. The molecule has 6 heteroatoms. The second-order valence-electron chi connectivity index (χ2n) is 4.48. The zero-order valence-electron chi connectivity index (χ0n) is 11.0. The van der Waals surface area contributed by atoms with Crippen LogP contribution in [-0.4, -0.2) is 20.0 Å². The Balaban J connectivity index is 1.91. The van der Waals surface area contributed by atoms with E-state index < -0.39 is 0 Å². The van der Waals surface area contributed by atoms with Gasteiger partial charge in [0.05, 0.1) is 27.8 Å². The summed E-state index contributed by atoms with van der Waals surface area (Å²) in [5.41, 5.74) is 3.22. The molecule has 0 aliphatic rings. The molecule has 0 saturated heterocycles. The molecule has 0 unspecified atom stereocenters. The number of hydrogen-bond donors (Lipinski definition) is 0. The Morgan fingerprint density at radius 2 is 2.11 bits per heavy atom. The van der Waals surface area contributed by atoms with Crippen LogP contribution in [0.15, 0.2) is 23.0 Å². The third kappa shape index (κ3) is 2.33. The Labute approximate surface area is 119 Å². The smallest absolute Gasteiger partial charge is 0.123 e. The first-order valence-corrected chi connectivity index (χ1v) is 7.79. The highest BCUT2D eigenvalue weighted by Crippen LogP contribution is 2.28. The van der Waals surface area contributed by atoms with Gasteiger partial charge in [0.2, 0.25) is 0 Å². The van der Waals surface area contributed by atoms with Gasteiger partial charge in [0.15, 0.2) is 0 Å². The Kier molecular flexibility index (Phi) is 3.20. The molecule has 3 heterocycles. The van der Waals surface area contributed by atoms with Gasteiger partial charge in [-0.2, -0.15) is 0 Å². The van der Waals surface area contributed by atoms with E-state index in [2.05, 4.69) is 46.0 Å². The lowest BCUT2D eigenvalue weighted by Gasteiger charge is -2.07. The third-order valence-corrected chi connectivity index (χ3v) is 4.90. The van der Waals surface area contributed by atoms with Gasteiger partial charge in [-0.05, 0) is 37.8 Å². The van der Waals surface area contributed by atoms with Crippen molar-refractivity contribution < 1.29 is 0 Å².